The molecular formula is C15H24N2O4. The lowest BCUT2D eigenvalue weighted by molar-refractivity contribution is -0.148. The third kappa shape index (κ3) is 4.19. The van der Waals surface area contributed by atoms with Gasteiger partial charge in [-0.3, -0.25) is 14.4 Å². The number of likely N-dealkylation sites (tertiary alicyclic amines) is 1. The Balaban J connectivity index is 1.70. The Morgan fingerprint density at radius 1 is 1.19 bits per heavy atom. The van der Waals surface area contributed by atoms with Crippen molar-refractivity contribution in [1.29, 1.82) is 0 Å². The van der Waals surface area contributed by atoms with E-state index in [0.717, 1.165) is 32.2 Å². The van der Waals surface area contributed by atoms with Gasteiger partial charge in [0.15, 0.2) is 0 Å². The number of nitrogens with one attached hydrogen (secondary N) is 1. The first-order valence-corrected chi connectivity index (χ1v) is 7.88. The predicted octanol–water partition coefficient (Wildman–Crippen LogP) is 1.01. The van der Waals surface area contributed by atoms with Crippen molar-refractivity contribution >= 4 is 17.8 Å². The summed E-state index contributed by atoms with van der Waals surface area (Å²) in [7, 11) is 0. The molecule has 0 spiro atoms. The van der Waals surface area contributed by atoms with E-state index in [2.05, 4.69) is 5.32 Å². The minimum atomic E-state index is -0.863. The van der Waals surface area contributed by atoms with Crippen LogP contribution in [0.25, 0.3) is 0 Å². The number of carbonyl (C=O) groups excluding carboxylic acids is 2. The van der Waals surface area contributed by atoms with Crippen molar-refractivity contribution in [2.75, 3.05) is 19.6 Å². The topological polar surface area (TPSA) is 86.7 Å². The van der Waals surface area contributed by atoms with Crippen LogP contribution in [0.1, 0.15) is 44.9 Å². The van der Waals surface area contributed by atoms with Crippen LogP contribution in [0.15, 0.2) is 0 Å². The van der Waals surface area contributed by atoms with E-state index in [9.17, 15) is 19.5 Å². The second-order valence-corrected chi connectivity index (χ2v) is 5.96. The predicted molar refractivity (Wildman–Crippen MR) is 76.5 cm³/mol. The number of nitrogens with zero attached hydrogens (tertiary/aromatic N) is 1. The van der Waals surface area contributed by atoms with Crippen LogP contribution in [-0.4, -0.2) is 47.4 Å². The van der Waals surface area contributed by atoms with E-state index in [1.165, 1.54) is 0 Å². The highest BCUT2D eigenvalue weighted by Gasteiger charge is 2.35. The third-order valence-corrected chi connectivity index (χ3v) is 4.50. The molecule has 1 aliphatic heterocycles. The maximum absolute atomic E-state index is 12.1. The summed E-state index contributed by atoms with van der Waals surface area (Å²) in [4.78, 5) is 36.6. The molecule has 2 fully saturated rings. The molecule has 1 saturated heterocycles. The third-order valence-electron chi connectivity index (χ3n) is 4.50. The summed E-state index contributed by atoms with van der Waals surface area (Å²) < 4.78 is 0. The lowest BCUT2D eigenvalue weighted by Gasteiger charge is -2.27. The van der Waals surface area contributed by atoms with Crippen molar-refractivity contribution in [3.63, 3.8) is 0 Å². The average molecular weight is 296 g/mol. The molecule has 2 amide bonds. The van der Waals surface area contributed by atoms with Crippen molar-refractivity contribution in [1.82, 2.24) is 10.2 Å². The van der Waals surface area contributed by atoms with E-state index in [4.69, 9.17) is 0 Å². The Morgan fingerprint density at radius 3 is 2.52 bits per heavy atom. The van der Waals surface area contributed by atoms with Crippen molar-refractivity contribution in [3.8, 4) is 0 Å². The summed E-state index contributed by atoms with van der Waals surface area (Å²) in [6.07, 6.45) is 5.34. The van der Waals surface area contributed by atoms with Crippen molar-refractivity contribution in [2.24, 2.45) is 11.8 Å². The molecule has 2 aliphatic rings. The lowest BCUT2D eigenvalue weighted by atomic mass is 9.79. The first-order chi connectivity index (χ1) is 10.1. The number of carbonyl (C=O) groups is 3. The standard InChI is InChI=1S/C15H24N2O4/c18-13-7-3-9-17(13)10-4-8-16-14(19)11-5-1-2-6-12(11)15(20)21/h11-12H,1-10H2,(H,16,19)(H,20,21)/t11-,12+/m1/s1. The maximum Gasteiger partial charge on any atom is 0.307 e. The smallest absolute Gasteiger partial charge is 0.307 e. The van der Waals surface area contributed by atoms with Gasteiger partial charge in [0.05, 0.1) is 11.8 Å². The second-order valence-electron chi connectivity index (χ2n) is 5.96. The number of carboxylic acids is 1. The van der Waals surface area contributed by atoms with Crippen LogP contribution < -0.4 is 5.32 Å². The Bertz CT molecular complexity index is 410. The van der Waals surface area contributed by atoms with Crippen LogP contribution >= 0.6 is 0 Å². The highest BCUT2D eigenvalue weighted by molar-refractivity contribution is 5.84. The molecule has 0 aromatic heterocycles. The van der Waals surface area contributed by atoms with Gasteiger partial charge in [-0.05, 0) is 25.7 Å². The largest absolute Gasteiger partial charge is 0.481 e. The fourth-order valence-corrected chi connectivity index (χ4v) is 3.29. The summed E-state index contributed by atoms with van der Waals surface area (Å²) in [6, 6.07) is 0. The van der Waals surface area contributed by atoms with Crippen LogP contribution in [0, 0.1) is 11.8 Å². The summed E-state index contributed by atoms with van der Waals surface area (Å²) in [5, 5.41) is 12.0. The molecule has 6 nitrogen and oxygen atoms in total. The first kappa shape index (κ1) is 15.8. The molecule has 0 aromatic rings. The van der Waals surface area contributed by atoms with Gasteiger partial charge in [0.1, 0.15) is 0 Å². The maximum atomic E-state index is 12.1. The molecule has 2 rings (SSSR count). The summed E-state index contributed by atoms with van der Waals surface area (Å²) >= 11 is 0. The minimum absolute atomic E-state index is 0.144. The summed E-state index contributed by atoms with van der Waals surface area (Å²) in [6.45, 7) is 1.99. The van der Waals surface area contributed by atoms with E-state index < -0.39 is 17.8 Å². The van der Waals surface area contributed by atoms with Crippen LogP contribution in [0.2, 0.25) is 0 Å². The number of carboxylic acid groups (broad SMARTS) is 1. The van der Waals surface area contributed by atoms with Gasteiger partial charge >= 0.3 is 5.97 Å². The zero-order chi connectivity index (χ0) is 15.2. The van der Waals surface area contributed by atoms with Crippen molar-refractivity contribution in [2.45, 2.75) is 44.9 Å². The molecule has 6 heteroatoms. The number of rotatable bonds is 6. The summed E-state index contributed by atoms with van der Waals surface area (Å²) in [5.41, 5.74) is 0. The normalized spacial score (nSPS) is 25.9. The van der Waals surface area contributed by atoms with Crippen LogP contribution in [0.5, 0.6) is 0 Å². The Hall–Kier alpha value is -1.59. The molecule has 0 radical (unpaired) electrons. The van der Waals surface area contributed by atoms with E-state index in [-0.39, 0.29) is 11.8 Å². The molecule has 21 heavy (non-hydrogen) atoms. The van der Waals surface area contributed by atoms with E-state index in [1.807, 2.05) is 4.90 Å². The highest BCUT2D eigenvalue weighted by atomic mass is 16.4. The van der Waals surface area contributed by atoms with Gasteiger partial charge in [-0.2, -0.15) is 0 Å². The second kappa shape index (κ2) is 7.43. The highest BCUT2D eigenvalue weighted by Crippen LogP contribution is 2.30. The molecule has 2 atom stereocenters. The molecule has 1 heterocycles. The molecule has 2 N–H and O–H groups in total. The van der Waals surface area contributed by atoms with Gasteiger partial charge in [-0.1, -0.05) is 12.8 Å². The molecule has 1 aliphatic carbocycles. The number of aliphatic carboxylic acids is 1. The van der Waals surface area contributed by atoms with E-state index in [0.29, 0.717) is 32.4 Å². The van der Waals surface area contributed by atoms with Crippen molar-refractivity contribution < 1.29 is 19.5 Å². The number of amides is 2. The Labute approximate surface area is 124 Å². The van der Waals surface area contributed by atoms with E-state index >= 15 is 0 Å². The molecule has 0 unspecified atom stereocenters. The fraction of sp³-hybridized carbons (Fsp3) is 0.800. The quantitative estimate of drug-likeness (QED) is 0.716. The van der Waals surface area contributed by atoms with Gasteiger partial charge in [-0.25, -0.2) is 0 Å². The Morgan fingerprint density at radius 2 is 1.90 bits per heavy atom. The van der Waals surface area contributed by atoms with Gasteiger partial charge in [0.2, 0.25) is 11.8 Å². The molecule has 1 saturated carbocycles. The van der Waals surface area contributed by atoms with Crippen molar-refractivity contribution in [3.05, 3.63) is 0 Å². The molecule has 118 valence electrons. The fourth-order valence-electron chi connectivity index (χ4n) is 3.29. The zero-order valence-corrected chi connectivity index (χ0v) is 12.3. The molecular weight excluding hydrogens is 272 g/mol. The van der Waals surface area contributed by atoms with Gasteiger partial charge < -0.3 is 15.3 Å². The molecule has 0 bridgehead atoms. The zero-order valence-electron chi connectivity index (χ0n) is 12.3. The summed E-state index contributed by atoms with van der Waals surface area (Å²) in [5.74, 6) is -1.75. The first-order valence-electron chi connectivity index (χ1n) is 7.88. The van der Waals surface area contributed by atoms with Gasteiger partial charge in [-0.15, -0.1) is 0 Å². The van der Waals surface area contributed by atoms with Crippen LogP contribution in [0.3, 0.4) is 0 Å². The minimum Gasteiger partial charge on any atom is -0.481 e. The van der Waals surface area contributed by atoms with Crippen LogP contribution in [-0.2, 0) is 14.4 Å². The molecule has 0 aromatic carbocycles. The van der Waals surface area contributed by atoms with Gasteiger partial charge in [0.25, 0.3) is 0 Å². The lowest BCUT2D eigenvalue weighted by Crippen LogP contribution is -2.40. The van der Waals surface area contributed by atoms with Crippen LogP contribution in [0.4, 0.5) is 0 Å². The van der Waals surface area contributed by atoms with Gasteiger partial charge in [0, 0.05) is 26.1 Å². The monoisotopic (exact) mass is 296 g/mol. The number of hydrogen-bond donors (Lipinski definition) is 2. The number of hydrogen-bond acceptors (Lipinski definition) is 3. The average Bonchev–Trinajstić information content (AvgIpc) is 2.88. The van der Waals surface area contributed by atoms with E-state index in [1.54, 1.807) is 0 Å². The Kier molecular flexibility index (Phi) is 5.59. The SMILES string of the molecule is O=C(O)[C@H]1CCCC[C@H]1C(=O)NCCCN1CCCC1=O.